The maximum atomic E-state index is 13.2. The molecule has 0 spiro atoms. The summed E-state index contributed by atoms with van der Waals surface area (Å²) in [5, 5.41) is 0.252. The SMILES string of the molecule is CCC(=O)CCCOc1c(F)cccc1Cl. The molecule has 0 aliphatic rings. The highest BCUT2D eigenvalue weighted by Crippen LogP contribution is 2.27. The molecular weight excluding hydrogens is 231 g/mol. The molecule has 0 amide bonds. The van der Waals surface area contributed by atoms with Crippen LogP contribution >= 0.6 is 11.6 Å². The molecule has 16 heavy (non-hydrogen) atoms. The summed E-state index contributed by atoms with van der Waals surface area (Å²) in [6, 6.07) is 4.38. The van der Waals surface area contributed by atoms with Crippen molar-refractivity contribution in [3.8, 4) is 5.75 Å². The normalized spacial score (nSPS) is 10.2. The van der Waals surface area contributed by atoms with Gasteiger partial charge in [0.1, 0.15) is 5.78 Å². The van der Waals surface area contributed by atoms with Gasteiger partial charge in [-0.15, -0.1) is 0 Å². The van der Waals surface area contributed by atoms with Crippen LogP contribution in [0.3, 0.4) is 0 Å². The highest BCUT2D eigenvalue weighted by molar-refractivity contribution is 6.32. The van der Waals surface area contributed by atoms with Gasteiger partial charge >= 0.3 is 0 Å². The van der Waals surface area contributed by atoms with Crippen LogP contribution in [0, 0.1) is 5.82 Å². The third kappa shape index (κ3) is 3.81. The van der Waals surface area contributed by atoms with Crippen molar-refractivity contribution in [1.82, 2.24) is 0 Å². The molecule has 0 fully saturated rings. The summed E-state index contributed by atoms with van der Waals surface area (Å²) < 4.78 is 18.4. The van der Waals surface area contributed by atoms with E-state index in [1.165, 1.54) is 12.1 Å². The van der Waals surface area contributed by atoms with Crippen molar-refractivity contribution in [2.75, 3.05) is 6.61 Å². The van der Waals surface area contributed by atoms with Crippen molar-refractivity contribution in [2.45, 2.75) is 26.2 Å². The molecule has 1 rings (SSSR count). The van der Waals surface area contributed by atoms with Crippen LogP contribution < -0.4 is 4.74 Å². The lowest BCUT2D eigenvalue weighted by molar-refractivity contribution is -0.118. The molecule has 0 radical (unpaired) electrons. The lowest BCUT2D eigenvalue weighted by atomic mass is 10.2. The molecule has 0 N–H and O–H groups in total. The van der Waals surface area contributed by atoms with Gasteiger partial charge in [0.15, 0.2) is 11.6 Å². The first-order chi connectivity index (χ1) is 7.65. The highest BCUT2D eigenvalue weighted by atomic mass is 35.5. The van der Waals surface area contributed by atoms with E-state index in [2.05, 4.69) is 0 Å². The van der Waals surface area contributed by atoms with E-state index >= 15 is 0 Å². The Morgan fingerprint density at radius 1 is 1.50 bits per heavy atom. The predicted octanol–water partition coefficient (Wildman–Crippen LogP) is 3.62. The topological polar surface area (TPSA) is 26.3 Å². The lowest BCUT2D eigenvalue weighted by Gasteiger charge is -2.08. The number of carbonyl (C=O) groups is 1. The van der Waals surface area contributed by atoms with Gasteiger partial charge in [0.05, 0.1) is 11.6 Å². The number of ketones is 1. The minimum atomic E-state index is -0.477. The van der Waals surface area contributed by atoms with Crippen LogP contribution in [0.15, 0.2) is 18.2 Å². The van der Waals surface area contributed by atoms with E-state index in [4.69, 9.17) is 16.3 Å². The van der Waals surface area contributed by atoms with Crippen LogP contribution in [0.2, 0.25) is 5.02 Å². The zero-order valence-electron chi connectivity index (χ0n) is 9.13. The summed E-state index contributed by atoms with van der Waals surface area (Å²) >= 11 is 5.77. The van der Waals surface area contributed by atoms with Crippen molar-refractivity contribution in [2.24, 2.45) is 0 Å². The third-order valence-corrected chi connectivity index (χ3v) is 2.46. The predicted molar refractivity (Wildman–Crippen MR) is 61.4 cm³/mol. The Morgan fingerprint density at radius 3 is 2.88 bits per heavy atom. The van der Waals surface area contributed by atoms with Gasteiger partial charge < -0.3 is 4.74 Å². The zero-order valence-corrected chi connectivity index (χ0v) is 9.89. The van der Waals surface area contributed by atoms with Crippen LogP contribution in [0.4, 0.5) is 4.39 Å². The maximum Gasteiger partial charge on any atom is 0.173 e. The van der Waals surface area contributed by atoms with E-state index in [0.717, 1.165) is 0 Å². The average molecular weight is 245 g/mol. The molecule has 0 aliphatic heterocycles. The molecule has 0 saturated heterocycles. The Hall–Kier alpha value is -1.09. The number of benzene rings is 1. The summed E-state index contributed by atoms with van der Waals surface area (Å²) in [5.74, 6) is -0.231. The van der Waals surface area contributed by atoms with Crippen LogP contribution in [-0.4, -0.2) is 12.4 Å². The fourth-order valence-corrected chi connectivity index (χ4v) is 1.46. The van der Waals surface area contributed by atoms with Crippen LogP contribution in [-0.2, 0) is 4.79 Å². The van der Waals surface area contributed by atoms with Gasteiger partial charge in [-0.25, -0.2) is 4.39 Å². The van der Waals surface area contributed by atoms with E-state index in [1.54, 1.807) is 6.07 Å². The number of Topliss-reactive ketones (excluding diaryl/α,β-unsaturated/α-hetero) is 1. The molecule has 0 atom stereocenters. The molecule has 88 valence electrons. The standard InChI is InChI=1S/C12H14ClFO2/c1-2-9(15)5-4-8-16-12-10(13)6-3-7-11(12)14/h3,6-7H,2,4-5,8H2,1H3. The molecule has 0 heterocycles. The second-order valence-corrected chi connectivity index (χ2v) is 3.80. The molecule has 0 aliphatic carbocycles. The summed E-state index contributed by atoms with van der Waals surface area (Å²) in [6.45, 7) is 2.11. The first kappa shape index (κ1) is 13.0. The smallest absolute Gasteiger partial charge is 0.173 e. The number of carbonyl (C=O) groups excluding carboxylic acids is 1. The second kappa shape index (κ2) is 6.48. The maximum absolute atomic E-state index is 13.2. The molecule has 0 aromatic heterocycles. The quantitative estimate of drug-likeness (QED) is 0.715. The number of rotatable bonds is 6. The van der Waals surface area contributed by atoms with Crippen LogP contribution in [0.5, 0.6) is 5.75 Å². The second-order valence-electron chi connectivity index (χ2n) is 3.40. The van der Waals surface area contributed by atoms with E-state index in [9.17, 15) is 9.18 Å². The molecule has 1 aromatic rings. The molecule has 0 bridgehead atoms. The molecule has 0 unspecified atom stereocenters. The number of ether oxygens (including phenoxy) is 1. The van der Waals surface area contributed by atoms with Crippen molar-refractivity contribution < 1.29 is 13.9 Å². The Kier molecular flexibility index (Phi) is 5.26. The largest absolute Gasteiger partial charge is 0.489 e. The van der Waals surface area contributed by atoms with Gasteiger partial charge in [0.2, 0.25) is 0 Å². The van der Waals surface area contributed by atoms with Crippen LogP contribution in [0.25, 0.3) is 0 Å². The van der Waals surface area contributed by atoms with Gasteiger partial charge in [-0.2, -0.15) is 0 Å². The van der Waals surface area contributed by atoms with E-state index in [0.29, 0.717) is 25.9 Å². The Bertz CT molecular complexity index is 346. The van der Waals surface area contributed by atoms with Gasteiger partial charge in [-0.1, -0.05) is 24.6 Å². The average Bonchev–Trinajstić information content (AvgIpc) is 2.27. The lowest BCUT2D eigenvalue weighted by Crippen LogP contribution is -2.03. The number of hydrogen-bond acceptors (Lipinski definition) is 2. The molecule has 0 saturated carbocycles. The van der Waals surface area contributed by atoms with Crippen molar-refractivity contribution in [3.05, 3.63) is 29.0 Å². The van der Waals surface area contributed by atoms with Gasteiger partial charge in [-0.3, -0.25) is 4.79 Å². The molecule has 2 nitrogen and oxygen atoms in total. The van der Waals surface area contributed by atoms with Crippen molar-refractivity contribution >= 4 is 17.4 Å². The minimum absolute atomic E-state index is 0.0631. The summed E-state index contributed by atoms with van der Waals surface area (Å²) in [4.78, 5) is 11.0. The summed E-state index contributed by atoms with van der Waals surface area (Å²) in [5.41, 5.74) is 0. The summed E-state index contributed by atoms with van der Waals surface area (Å²) in [7, 11) is 0. The Morgan fingerprint density at radius 2 is 2.25 bits per heavy atom. The Labute approximate surface area is 99.4 Å². The van der Waals surface area contributed by atoms with E-state index in [1.807, 2.05) is 6.92 Å². The number of halogens is 2. The highest BCUT2D eigenvalue weighted by Gasteiger charge is 2.07. The molecule has 4 heteroatoms. The molecular formula is C12H14ClFO2. The summed E-state index contributed by atoms with van der Waals surface area (Å²) in [6.07, 6.45) is 1.57. The van der Waals surface area contributed by atoms with Crippen molar-refractivity contribution in [1.29, 1.82) is 0 Å². The number of hydrogen-bond donors (Lipinski definition) is 0. The van der Waals surface area contributed by atoms with Gasteiger partial charge in [0.25, 0.3) is 0 Å². The van der Waals surface area contributed by atoms with E-state index in [-0.39, 0.29) is 16.6 Å². The van der Waals surface area contributed by atoms with Crippen molar-refractivity contribution in [3.63, 3.8) is 0 Å². The number of para-hydroxylation sites is 1. The monoisotopic (exact) mass is 244 g/mol. The minimum Gasteiger partial charge on any atom is -0.489 e. The third-order valence-electron chi connectivity index (χ3n) is 2.16. The first-order valence-electron chi connectivity index (χ1n) is 5.23. The van der Waals surface area contributed by atoms with Gasteiger partial charge in [-0.05, 0) is 18.6 Å². The Balaban J connectivity index is 2.40. The van der Waals surface area contributed by atoms with Crippen LogP contribution in [0.1, 0.15) is 26.2 Å². The zero-order chi connectivity index (χ0) is 12.0. The van der Waals surface area contributed by atoms with E-state index < -0.39 is 5.82 Å². The fourth-order valence-electron chi connectivity index (χ4n) is 1.24. The molecule has 1 aromatic carbocycles. The fraction of sp³-hybridized carbons (Fsp3) is 0.417. The van der Waals surface area contributed by atoms with Gasteiger partial charge in [0, 0.05) is 12.8 Å². The first-order valence-corrected chi connectivity index (χ1v) is 5.61.